The SMILES string of the molecule is C=CC(OCc1ccccc1)C(C)(C)COS(=O)(=O)CCCS(C)(=O)=O. The highest BCUT2D eigenvalue weighted by Crippen LogP contribution is 2.26. The van der Waals surface area contributed by atoms with Gasteiger partial charge in [-0.2, -0.15) is 8.42 Å². The van der Waals surface area contributed by atoms with Crippen molar-refractivity contribution in [3.63, 3.8) is 0 Å². The Labute approximate surface area is 157 Å². The lowest BCUT2D eigenvalue weighted by molar-refractivity contribution is -0.0228. The minimum Gasteiger partial charge on any atom is -0.369 e. The van der Waals surface area contributed by atoms with Gasteiger partial charge in [0.1, 0.15) is 9.84 Å². The molecule has 26 heavy (non-hydrogen) atoms. The molecule has 148 valence electrons. The Morgan fingerprint density at radius 3 is 2.27 bits per heavy atom. The van der Waals surface area contributed by atoms with Crippen LogP contribution in [0.2, 0.25) is 0 Å². The maximum Gasteiger partial charge on any atom is 0.267 e. The molecule has 1 rings (SSSR count). The van der Waals surface area contributed by atoms with Gasteiger partial charge in [-0.3, -0.25) is 4.18 Å². The molecule has 1 atom stereocenters. The lowest BCUT2D eigenvalue weighted by Crippen LogP contribution is -2.35. The monoisotopic (exact) mass is 404 g/mol. The van der Waals surface area contributed by atoms with Crippen molar-refractivity contribution in [3.8, 4) is 0 Å². The molecule has 0 fully saturated rings. The molecule has 6 nitrogen and oxygen atoms in total. The summed E-state index contributed by atoms with van der Waals surface area (Å²) >= 11 is 0. The molecule has 8 heteroatoms. The quantitative estimate of drug-likeness (QED) is 0.393. The smallest absolute Gasteiger partial charge is 0.267 e. The summed E-state index contributed by atoms with van der Waals surface area (Å²) in [4.78, 5) is 0. The summed E-state index contributed by atoms with van der Waals surface area (Å²) in [6.45, 7) is 7.72. The highest BCUT2D eigenvalue weighted by molar-refractivity contribution is 7.90. The topological polar surface area (TPSA) is 86.7 Å². The van der Waals surface area contributed by atoms with Gasteiger partial charge >= 0.3 is 0 Å². The third-order valence-electron chi connectivity index (χ3n) is 3.78. The van der Waals surface area contributed by atoms with Crippen LogP contribution in [0.4, 0.5) is 0 Å². The van der Waals surface area contributed by atoms with E-state index in [0.29, 0.717) is 6.61 Å². The normalized spacial score (nSPS) is 14.1. The van der Waals surface area contributed by atoms with Crippen LogP contribution in [0, 0.1) is 5.41 Å². The first-order valence-electron chi connectivity index (χ1n) is 8.28. The van der Waals surface area contributed by atoms with Gasteiger partial charge in [-0.1, -0.05) is 50.3 Å². The van der Waals surface area contributed by atoms with Crippen LogP contribution in [0.3, 0.4) is 0 Å². The molecule has 0 spiro atoms. The van der Waals surface area contributed by atoms with Gasteiger partial charge in [0, 0.05) is 11.7 Å². The number of rotatable bonds is 12. The Bertz CT molecular complexity index is 767. The van der Waals surface area contributed by atoms with Gasteiger partial charge in [-0.05, 0) is 12.0 Å². The molecular formula is C18H28O6S2. The van der Waals surface area contributed by atoms with Crippen LogP contribution in [0.5, 0.6) is 0 Å². The van der Waals surface area contributed by atoms with Crippen molar-refractivity contribution in [2.24, 2.45) is 5.41 Å². The van der Waals surface area contributed by atoms with E-state index in [9.17, 15) is 16.8 Å². The summed E-state index contributed by atoms with van der Waals surface area (Å²) in [5.74, 6) is -0.520. The average molecular weight is 405 g/mol. The van der Waals surface area contributed by atoms with Gasteiger partial charge in [0.25, 0.3) is 10.1 Å². The Morgan fingerprint density at radius 2 is 1.73 bits per heavy atom. The lowest BCUT2D eigenvalue weighted by Gasteiger charge is -2.31. The van der Waals surface area contributed by atoms with Gasteiger partial charge in [0.2, 0.25) is 0 Å². The van der Waals surface area contributed by atoms with Gasteiger partial charge < -0.3 is 4.74 Å². The molecule has 0 bridgehead atoms. The van der Waals surface area contributed by atoms with Crippen LogP contribution in [0.25, 0.3) is 0 Å². The second-order valence-corrected chi connectivity index (χ2v) is 11.0. The van der Waals surface area contributed by atoms with Crippen LogP contribution in [-0.4, -0.2) is 47.3 Å². The van der Waals surface area contributed by atoms with Crippen molar-refractivity contribution >= 4 is 20.0 Å². The number of sulfone groups is 1. The predicted octanol–water partition coefficient (Wildman–Crippen LogP) is 2.57. The largest absolute Gasteiger partial charge is 0.369 e. The number of hydrogen-bond acceptors (Lipinski definition) is 6. The molecule has 0 radical (unpaired) electrons. The fourth-order valence-corrected chi connectivity index (χ4v) is 4.20. The summed E-state index contributed by atoms with van der Waals surface area (Å²) in [5.41, 5.74) is 0.380. The van der Waals surface area contributed by atoms with Gasteiger partial charge in [0.05, 0.1) is 30.8 Å². The molecule has 0 aliphatic carbocycles. The fraction of sp³-hybridized carbons (Fsp3) is 0.556. The molecule has 1 aromatic carbocycles. The van der Waals surface area contributed by atoms with E-state index in [1.807, 2.05) is 44.2 Å². The minimum absolute atomic E-state index is 0.0109. The van der Waals surface area contributed by atoms with Crippen molar-refractivity contribution < 1.29 is 25.8 Å². The summed E-state index contributed by atoms with van der Waals surface area (Å²) in [5, 5.41) is 0. The van der Waals surface area contributed by atoms with Crippen LogP contribution in [0.15, 0.2) is 43.0 Å². The predicted molar refractivity (Wildman–Crippen MR) is 103 cm³/mol. The molecule has 0 heterocycles. The van der Waals surface area contributed by atoms with Crippen LogP contribution in [0.1, 0.15) is 25.8 Å². The summed E-state index contributed by atoms with van der Waals surface area (Å²) in [6, 6.07) is 9.63. The van der Waals surface area contributed by atoms with E-state index in [-0.39, 0.29) is 24.5 Å². The first-order chi connectivity index (χ1) is 12.0. The molecule has 0 aromatic heterocycles. The summed E-state index contributed by atoms with van der Waals surface area (Å²) < 4.78 is 57.1. The summed E-state index contributed by atoms with van der Waals surface area (Å²) in [7, 11) is -6.99. The third kappa shape index (κ3) is 8.93. The van der Waals surface area contributed by atoms with E-state index < -0.39 is 31.5 Å². The Morgan fingerprint density at radius 1 is 1.12 bits per heavy atom. The first-order valence-corrected chi connectivity index (χ1v) is 11.9. The molecule has 0 N–H and O–H groups in total. The van der Waals surface area contributed by atoms with E-state index in [1.165, 1.54) is 0 Å². The number of hydrogen-bond donors (Lipinski definition) is 0. The lowest BCUT2D eigenvalue weighted by atomic mass is 9.87. The second-order valence-electron chi connectivity index (χ2n) is 6.95. The third-order valence-corrected chi connectivity index (χ3v) is 6.07. The molecule has 0 saturated carbocycles. The molecule has 1 unspecified atom stereocenters. The highest BCUT2D eigenvalue weighted by atomic mass is 32.2. The van der Waals surface area contributed by atoms with Gasteiger partial charge in [-0.25, -0.2) is 8.42 Å². The van der Waals surface area contributed by atoms with Crippen LogP contribution in [-0.2, 0) is 35.5 Å². The van der Waals surface area contributed by atoms with E-state index in [0.717, 1.165) is 11.8 Å². The standard InChI is InChI=1S/C18H28O6S2/c1-5-17(23-14-16-10-7-6-8-11-16)18(2,3)15-24-26(21,22)13-9-12-25(4,19)20/h5-8,10-11,17H,1,9,12-15H2,2-4H3. The van der Waals surface area contributed by atoms with Crippen molar-refractivity contribution in [1.29, 1.82) is 0 Å². The van der Waals surface area contributed by atoms with Gasteiger partial charge in [-0.15, -0.1) is 6.58 Å². The minimum atomic E-state index is -3.80. The van der Waals surface area contributed by atoms with Crippen molar-refractivity contribution in [2.75, 3.05) is 24.4 Å². The molecule has 0 aliphatic heterocycles. The van der Waals surface area contributed by atoms with E-state index in [2.05, 4.69) is 6.58 Å². The fourth-order valence-electron chi connectivity index (χ4n) is 2.25. The average Bonchev–Trinajstić information content (AvgIpc) is 2.53. The molecule has 1 aromatic rings. The zero-order chi connectivity index (χ0) is 19.8. The zero-order valence-electron chi connectivity index (χ0n) is 15.6. The number of ether oxygens (including phenoxy) is 1. The Kier molecular flexibility index (Phi) is 8.46. The molecular weight excluding hydrogens is 376 g/mol. The van der Waals surface area contributed by atoms with E-state index in [1.54, 1.807) is 6.08 Å². The zero-order valence-corrected chi connectivity index (χ0v) is 17.2. The Hall–Kier alpha value is -1.22. The maximum atomic E-state index is 12.0. The van der Waals surface area contributed by atoms with E-state index >= 15 is 0 Å². The van der Waals surface area contributed by atoms with Crippen LogP contribution >= 0.6 is 0 Å². The van der Waals surface area contributed by atoms with Crippen molar-refractivity contribution in [3.05, 3.63) is 48.6 Å². The molecule has 0 saturated heterocycles. The first kappa shape index (κ1) is 22.8. The number of benzene rings is 1. The summed E-state index contributed by atoms with van der Waals surface area (Å²) in [6.07, 6.45) is 2.30. The highest BCUT2D eigenvalue weighted by Gasteiger charge is 2.31. The van der Waals surface area contributed by atoms with Crippen molar-refractivity contribution in [2.45, 2.75) is 33.0 Å². The molecule has 0 amide bonds. The Balaban J connectivity index is 2.57. The van der Waals surface area contributed by atoms with Crippen LogP contribution < -0.4 is 0 Å². The van der Waals surface area contributed by atoms with E-state index in [4.69, 9.17) is 8.92 Å². The molecule has 0 aliphatic rings. The maximum absolute atomic E-state index is 12.0. The second kappa shape index (κ2) is 9.64. The van der Waals surface area contributed by atoms with Crippen molar-refractivity contribution in [1.82, 2.24) is 0 Å². The van der Waals surface area contributed by atoms with Gasteiger partial charge in [0.15, 0.2) is 0 Å².